The second-order valence-corrected chi connectivity index (χ2v) is 5.85. The fraction of sp³-hybridized carbons (Fsp3) is 0.188. The average molecular weight is 306 g/mol. The van der Waals surface area contributed by atoms with E-state index in [1.807, 2.05) is 49.6 Å². The van der Waals surface area contributed by atoms with Crippen LogP contribution in [-0.2, 0) is 5.75 Å². The number of thioether (sulfide) groups is 1. The summed E-state index contributed by atoms with van der Waals surface area (Å²) in [4.78, 5) is 12.3. The molecular formula is C16H16ClNOS. The van der Waals surface area contributed by atoms with Crippen LogP contribution < -0.4 is 5.32 Å². The van der Waals surface area contributed by atoms with Gasteiger partial charge in [-0.05, 0) is 54.6 Å². The zero-order valence-corrected chi connectivity index (χ0v) is 13.0. The summed E-state index contributed by atoms with van der Waals surface area (Å²) in [5, 5.41) is 3.59. The maximum Gasteiger partial charge on any atom is 0.255 e. The van der Waals surface area contributed by atoms with E-state index < -0.39 is 0 Å². The first-order valence-electron chi connectivity index (χ1n) is 6.25. The molecule has 4 heteroatoms. The number of rotatable bonds is 4. The van der Waals surface area contributed by atoms with Crippen molar-refractivity contribution in [1.29, 1.82) is 0 Å². The molecule has 104 valence electrons. The highest BCUT2D eigenvalue weighted by Crippen LogP contribution is 2.20. The van der Waals surface area contributed by atoms with Gasteiger partial charge in [-0.3, -0.25) is 4.79 Å². The summed E-state index contributed by atoms with van der Waals surface area (Å²) in [5.41, 5.74) is 3.56. The lowest BCUT2D eigenvalue weighted by atomic mass is 10.1. The van der Waals surface area contributed by atoms with Crippen LogP contribution in [0.1, 0.15) is 21.5 Å². The molecule has 0 aromatic heterocycles. The van der Waals surface area contributed by atoms with Crippen LogP contribution in [0.5, 0.6) is 0 Å². The summed E-state index contributed by atoms with van der Waals surface area (Å²) in [6, 6.07) is 13.1. The topological polar surface area (TPSA) is 29.1 Å². The fourth-order valence-corrected chi connectivity index (χ4v) is 2.67. The van der Waals surface area contributed by atoms with E-state index in [4.69, 9.17) is 11.6 Å². The van der Waals surface area contributed by atoms with Crippen LogP contribution >= 0.6 is 23.4 Å². The molecule has 0 aliphatic rings. The maximum atomic E-state index is 12.3. The van der Waals surface area contributed by atoms with Gasteiger partial charge < -0.3 is 5.32 Å². The standard InChI is InChI=1S/C16H16ClNOS/c1-11-8-14(17)6-7-15(11)18-16(19)13-5-3-4-12(9-13)10-20-2/h3-9H,10H2,1-2H3,(H,18,19). The minimum Gasteiger partial charge on any atom is -0.322 e. The summed E-state index contributed by atoms with van der Waals surface area (Å²) in [5.74, 6) is 0.805. The molecule has 20 heavy (non-hydrogen) atoms. The molecule has 0 saturated heterocycles. The van der Waals surface area contributed by atoms with Gasteiger partial charge in [0.2, 0.25) is 0 Å². The molecule has 0 atom stereocenters. The van der Waals surface area contributed by atoms with Gasteiger partial charge >= 0.3 is 0 Å². The Balaban J connectivity index is 2.17. The molecule has 0 spiro atoms. The second kappa shape index (κ2) is 6.82. The van der Waals surface area contributed by atoms with Crippen LogP contribution in [0.3, 0.4) is 0 Å². The zero-order valence-electron chi connectivity index (χ0n) is 11.4. The number of hydrogen-bond acceptors (Lipinski definition) is 2. The van der Waals surface area contributed by atoms with Crippen LogP contribution in [-0.4, -0.2) is 12.2 Å². The lowest BCUT2D eigenvalue weighted by Gasteiger charge is -2.09. The predicted molar refractivity (Wildman–Crippen MR) is 87.8 cm³/mol. The lowest BCUT2D eigenvalue weighted by Crippen LogP contribution is -2.12. The third-order valence-corrected chi connectivity index (χ3v) is 3.79. The van der Waals surface area contributed by atoms with Crippen LogP contribution in [0.2, 0.25) is 5.02 Å². The molecule has 0 heterocycles. The van der Waals surface area contributed by atoms with E-state index in [-0.39, 0.29) is 5.91 Å². The molecule has 0 aliphatic carbocycles. The van der Waals surface area contributed by atoms with Crippen molar-refractivity contribution in [3.63, 3.8) is 0 Å². The molecule has 0 saturated carbocycles. The molecule has 0 radical (unpaired) electrons. The summed E-state index contributed by atoms with van der Waals surface area (Å²) >= 11 is 7.65. The molecule has 2 nitrogen and oxygen atoms in total. The van der Waals surface area contributed by atoms with E-state index in [0.717, 1.165) is 22.6 Å². The Hall–Kier alpha value is -1.45. The van der Waals surface area contributed by atoms with E-state index in [2.05, 4.69) is 5.32 Å². The minimum absolute atomic E-state index is 0.0987. The van der Waals surface area contributed by atoms with Crippen LogP contribution in [0.25, 0.3) is 0 Å². The Morgan fingerprint density at radius 3 is 2.75 bits per heavy atom. The van der Waals surface area contributed by atoms with Gasteiger partial charge in [0.1, 0.15) is 0 Å². The number of halogens is 1. The Morgan fingerprint density at radius 1 is 1.25 bits per heavy atom. The quantitative estimate of drug-likeness (QED) is 0.882. The summed E-state index contributed by atoms with van der Waals surface area (Å²) in [7, 11) is 0. The fourth-order valence-electron chi connectivity index (χ4n) is 1.93. The SMILES string of the molecule is CSCc1cccc(C(=O)Nc2ccc(Cl)cc2C)c1. The van der Waals surface area contributed by atoms with Crippen molar-refractivity contribution in [2.24, 2.45) is 0 Å². The number of hydrogen-bond donors (Lipinski definition) is 1. The van der Waals surface area contributed by atoms with E-state index >= 15 is 0 Å². The van der Waals surface area contributed by atoms with Gasteiger partial charge in [-0.15, -0.1) is 0 Å². The van der Waals surface area contributed by atoms with Crippen LogP contribution in [0.4, 0.5) is 5.69 Å². The first kappa shape index (κ1) is 14.9. The highest BCUT2D eigenvalue weighted by molar-refractivity contribution is 7.97. The van der Waals surface area contributed by atoms with Gasteiger partial charge in [-0.2, -0.15) is 11.8 Å². The van der Waals surface area contributed by atoms with E-state index in [1.165, 1.54) is 0 Å². The van der Waals surface area contributed by atoms with Gasteiger partial charge in [0.25, 0.3) is 5.91 Å². The van der Waals surface area contributed by atoms with Crippen molar-refractivity contribution >= 4 is 35.0 Å². The molecule has 2 aromatic carbocycles. The monoisotopic (exact) mass is 305 g/mol. The Labute approximate surface area is 128 Å². The number of aryl methyl sites for hydroxylation is 1. The molecule has 0 unspecified atom stereocenters. The Bertz CT molecular complexity index is 628. The van der Waals surface area contributed by atoms with Gasteiger partial charge in [-0.25, -0.2) is 0 Å². The molecule has 1 N–H and O–H groups in total. The smallest absolute Gasteiger partial charge is 0.255 e. The average Bonchev–Trinajstić information content (AvgIpc) is 2.42. The van der Waals surface area contributed by atoms with Crippen LogP contribution in [0.15, 0.2) is 42.5 Å². The second-order valence-electron chi connectivity index (χ2n) is 4.55. The number of nitrogens with one attached hydrogen (secondary N) is 1. The molecular weight excluding hydrogens is 290 g/mol. The van der Waals surface area contributed by atoms with Gasteiger partial charge in [0, 0.05) is 22.0 Å². The highest BCUT2D eigenvalue weighted by atomic mass is 35.5. The normalized spacial score (nSPS) is 10.3. The summed E-state index contributed by atoms with van der Waals surface area (Å²) < 4.78 is 0. The van der Waals surface area contributed by atoms with Gasteiger partial charge in [-0.1, -0.05) is 23.7 Å². The zero-order chi connectivity index (χ0) is 14.5. The molecule has 2 rings (SSSR count). The number of anilines is 1. The van der Waals surface area contributed by atoms with Crippen LogP contribution in [0, 0.1) is 6.92 Å². The predicted octanol–water partition coefficient (Wildman–Crippen LogP) is 4.76. The summed E-state index contributed by atoms with van der Waals surface area (Å²) in [6.45, 7) is 1.92. The van der Waals surface area contributed by atoms with E-state index in [0.29, 0.717) is 10.6 Å². The molecule has 0 bridgehead atoms. The van der Waals surface area contributed by atoms with Gasteiger partial charge in [0.05, 0.1) is 0 Å². The van der Waals surface area contributed by atoms with Crippen molar-refractivity contribution in [2.45, 2.75) is 12.7 Å². The third kappa shape index (κ3) is 3.78. The first-order valence-corrected chi connectivity index (χ1v) is 8.02. The van der Waals surface area contributed by atoms with Crippen molar-refractivity contribution in [3.05, 3.63) is 64.2 Å². The lowest BCUT2D eigenvalue weighted by molar-refractivity contribution is 0.102. The molecule has 0 aliphatic heterocycles. The molecule has 0 fully saturated rings. The number of carbonyl (C=O) groups is 1. The van der Waals surface area contributed by atoms with Crippen molar-refractivity contribution < 1.29 is 4.79 Å². The summed E-state index contributed by atoms with van der Waals surface area (Å²) in [6.07, 6.45) is 2.05. The Kier molecular flexibility index (Phi) is 5.10. The maximum absolute atomic E-state index is 12.3. The van der Waals surface area contributed by atoms with E-state index in [9.17, 15) is 4.79 Å². The largest absolute Gasteiger partial charge is 0.322 e. The molecule has 1 amide bonds. The number of benzene rings is 2. The van der Waals surface area contributed by atoms with E-state index in [1.54, 1.807) is 17.8 Å². The number of amides is 1. The molecule has 2 aromatic rings. The van der Waals surface area contributed by atoms with Gasteiger partial charge in [0.15, 0.2) is 0 Å². The minimum atomic E-state index is -0.0987. The highest BCUT2D eigenvalue weighted by Gasteiger charge is 2.08. The number of carbonyl (C=O) groups excluding carboxylic acids is 1. The van der Waals surface area contributed by atoms with Crippen molar-refractivity contribution in [1.82, 2.24) is 0 Å². The van der Waals surface area contributed by atoms with Crippen molar-refractivity contribution in [3.8, 4) is 0 Å². The van der Waals surface area contributed by atoms with Crippen molar-refractivity contribution in [2.75, 3.05) is 11.6 Å². The third-order valence-electron chi connectivity index (χ3n) is 2.94. The first-order chi connectivity index (χ1) is 9.60. The Morgan fingerprint density at radius 2 is 2.05 bits per heavy atom.